The minimum atomic E-state index is 0. The third-order valence-corrected chi connectivity index (χ3v) is 10.9. The minimum absolute atomic E-state index is 0. The van der Waals surface area contributed by atoms with E-state index in [0.717, 1.165) is 12.8 Å². The van der Waals surface area contributed by atoms with Gasteiger partial charge in [0.1, 0.15) is 0 Å². The van der Waals surface area contributed by atoms with E-state index in [9.17, 15) is 0 Å². The van der Waals surface area contributed by atoms with Gasteiger partial charge in [0.25, 0.3) is 0 Å². The summed E-state index contributed by atoms with van der Waals surface area (Å²) in [6.07, 6.45) is 11.0. The molecule has 0 aromatic heterocycles. The smallest absolute Gasteiger partial charge is 1.00 e. The first-order valence-corrected chi connectivity index (χ1v) is 18.4. The third kappa shape index (κ3) is 11.3. The van der Waals surface area contributed by atoms with Crippen molar-refractivity contribution in [1.29, 1.82) is 0 Å². The van der Waals surface area contributed by atoms with Crippen LogP contribution in [0.15, 0.2) is 96.6 Å². The third-order valence-electron chi connectivity index (χ3n) is 9.51. The van der Waals surface area contributed by atoms with Gasteiger partial charge in [0.05, 0.1) is 0 Å². The standard InChI is InChI=1S/C21H25.C15H14.C10H15.2ClH.Zr/c1-20(2,3)16-9-7-14-11-15-8-10-17(21(4,5)6)13-19(15)18(14)12-16;1-12-3-7-14(8-4-12)11-15-9-5-13(2)6-10-15;1-4-10(2,3)9-7-5-6-8-9;;;/h7,9-10,12-13H,11H2,1-6H3;3-10H,1-2H3;5,7H,4,6H2,1-3H3;2*1H;/q-1;;-1;;;+2/p-2. The van der Waals surface area contributed by atoms with Crippen LogP contribution in [0.2, 0.25) is 0 Å². The van der Waals surface area contributed by atoms with Crippen LogP contribution >= 0.6 is 0 Å². The quantitative estimate of drug-likeness (QED) is 0.192. The average molecular weight is 769 g/mol. The zero-order valence-electron chi connectivity index (χ0n) is 31.5. The fourth-order valence-electron chi connectivity index (χ4n) is 5.65. The molecule has 258 valence electrons. The van der Waals surface area contributed by atoms with Crippen LogP contribution in [0.5, 0.6) is 0 Å². The van der Waals surface area contributed by atoms with Crippen molar-refractivity contribution in [2.24, 2.45) is 5.41 Å². The van der Waals surface area contributed by atoms with Gasteiger partial charge in [-0.15, -0.1) is 12.0 Å². The Morgan fingerprint density at radius 2 is 1.20 bits per heavy atom. The Hall–Kier alpha value is -2.31. The summed E-state index contributed by atoms with van der Waals surface area (Å²) in [6, 6.07) is 32.6. The number of fused-ring (bicyclic) bond motifs is 3. The molecule has 0 saturated carbocycles. The molecule has 2 aliphatic rings. The average Bonchev–Trinajstić information content (AvgIpc) is 3.70. The minimum Gasteiger partial charge on any atom is -1.00 e. The predicted octanol–water partition coefficient (Wildman–Crippen LogP) is 6.19. The van der Waals surface area contributed by atoms with Crippen molar-refractivity contribution >= 4 is 3.21 Å². The van der Waals surface area contributed by atoms with Gasteiger partial charge in [-0.1, -0.05) is 97.1 Å². The maximum Gasteiger partial charge on any atom is -1.00 e. The van der Waals surface area contributed by atoms with Crippen LogP contribution < -0.4 is 24.8 Å². The molecule has 49 heavy (non-hydrogen) atoms. The fraction of sp³-hybridized carbons (Fsp3) is 0.370. The van der Waals surface area contributed by atoms with E-state index in [1.807, 2.05) is 0 Å². The number of allylic oxidation sites excluding steroid dienone is 4. The molecule has 2 aliphatic carbocycles. The summed E-state index contributed by atoms with van der Waals surface area (Å²) in [7, 11) is 0. The Kier molecular flexibility index (Phi) is 15.5. The maximum atomic E-state index is 3.53. The second-order valence-electron chi connectivity index (χ2n) is 15.9. The van der Waals surface area contributed by atoms with E-state index in [1.54, 1.807) is 0 Å². The molecule has 0 unspecified atom stereocenters. The number of hydrogen-bond donors (Lipinski definition) is 0. The Morgan fingerprint density at radius 1 is 0.694 bits per heavy atom. The van der Waals surface area contributed by atoms with E-state index in [4.69, 9.17) is 0 Å². The van der Waals surface area contributed by atoms with Crippen LogP contribution in [0.25, 0.3) is 11.1 Å². The molecule has 0 bridgehead atoms. The van der Waals surface area contributed by atoms with E-state index in [-0.39, 0.29) is 35.6 Å². The molecule has 4 aromatic rings. The number of aryl methyl sites for hydroxylation is 2. The van der Waals surface area contributed by atoms with Gasteiger partial charge in [0.15, 0.2) is 0 Å². The van der Waals surface area contributed by atoms with Crippen molar-refractivity contribution in [3.05, 3.63) is 153 Å². The SMILES string of the molecule is CC(C)(C)c1c[c-]c2c(c1)-c1cc(C(C)(C)C)ccc1C2.CCC(C)(C)C1=[C-]CC=C1.Cc1ccc([C](=[Zr+2])c2ccc(C)cc2)cc1.[Cl-].[Cl-]. The molecule has 0 saturated heterocycles. The number of benzene rings is 4. The van der Waals surface area contributed by atoms with Gasteiger partial charge in [-0.05, 0) is 29.2 Å². The van der Waals surface area contributed by atoms with Gasteiger partial charge in [-0.3, -0.25) is 6.08 Å². The molecular formula is C46H54Cl2Zr-2. The van der Waals surface area contributed by atoms with Crippen LogP contribution in [0.4, 0.5) is 0 Å². The van der Waals surface area contributed by atoms with E-state index in [0.29, 0.717) is 5.41 Å². The zero-order chi connectivity index (χ0) is 34.6. The molecular weight excluding hydrogens is 715 g/mol. The summed E-state index contributed by atoms with van der Waals surface area (Å²) in [4.78, 5) is 0. The first-order valence-electron chi connectivity index (χ1n) is 17.2. The van der Waals surface area contributed by atoms with E-state index < -0.39 is 0 Å². The van der Waals surface area contributed by atoms with Crippen molar-refractivity contribution in [2.75, 3.05) is 0 Å². The topological polar surface area (TPSA) is 0 Å². The van der Waals surface area contributed by atoms with Crippen molar-refractivity contribution in [3.63, 3.8) is 0 Å². The molecule has 0 aliphatic heterocycles. The van der Waals surface area contributed by atoms with Crippen LogP contribution in [0.1, 0.15) is 120 Å². The monoisotopic (exact) mass is 766 g/mol. The van der Waals surface area contributed by atoms with E-state index in [1.165, 1.54) is 95.1 Å². The summed E-state index contributed by atoms with van der Waals surface area (Å²) in [5, 5.41) is 0. The molecule has 4 aromatic carbocycles. The predicted molar refractivity (Wildman–Crippen MR) is 201 cm³/mol. The summed E-state index contributed by atoms with van der Waals surface area (Å²) >= 11 is 1.46. The second-order valence-corrected chi connectivity index (χ2v) is 17.1. The van der Waals surface area contributed by atoms with Gasteiger partial charge < -0.3 is 24.8 Å². The van der Waals surface area contributed by atoms with Crippen LogP contribution in [-0.4, -0.2) is 3.21 Å². The van der Waals surface area contributed by atoms with Crippen molar-refractivity contribution < 1.29 is 49.0 Å². The first-order chi connectivity index (χ1) is 22.0. The maximum absolute atomic E-state index is 3.53. The largest absolute Gasteiger partial charge is 1.00 e. The van der Waals surface area contributed by atoms with Gasteiger partial charge in [0, 0.05) is 0 Å². The van der Waals surface area contributed by atoms with Crippen molar-refractivity contribution in [1.82, 2.24) is 0 Å². The summed E-state index contributed by atoms with van der Waals surface area (Å²) < 4.78 is 1.42. The van der Waals surface area contributed by atoms with Crippen LogP contribution in [-0.2, 0) is 41.5 Å². The molecule has 3 heteroatoms. The fourth-order valence-corrected chi connectivity index (χ4v) is 6.47. The molecule has 0 amide bonds. The van der Waals surface area contributed by atoms with Gasteiger partial charge >= 0.3 is 112 Å². The Labute approximate surface area is 326 Å². The van der Waals surface area contributed by atoms with Gasteiger partial charge in [-0.2, -0.15) is 35.4 Å². The van der Waals surface area contributed by atoms with Gasteiger partial charge in [-0.25, -0.2) is 11.6 Å². The summed E-state index contributed by atoms with van der Waals surface area (Å²) in [6.45, 7) is 24.7. The molecule has 0 spiro atoms. The second kappa shape index (κ2) is 17.8. The number of halogens is 2. The number of rotatable bonds is 4. The van der Waals surface area contributed by atoms with Crippen molar-refractivity contribution in [2.45, 2.75) is 106 Å². The molecule has 0 heterocycles. The van der Waals surface area contributed by atoms with Crippen molar-refractivity contribution in [3.8, 4) is 11.1 Å². The molecule has 0 atom stereocenters. The van der Waals surface area contributed by atoms with E-state index in [2.05, 4.69) is 179 Å². The van der Waals surface area contributed by atoms with E-state index >= 15 is 0 Å². The van der Waals surface area contributed by atoms with Crippen LogP contribution in [0, 0.1) is 31.4 Å². The summed E-state index contributed by atoms with van der Waals surface area (Å²) in [5.74, 6) is 0. The normalized spacial score (nSPS) is 13.0. The van der Waals surface area contributed by atoms with Gasteiger partial charge in [0.2, 0.25) is 0 Å². The summed E-state index contributed by atoms with van der Waals surface area (Å²) in [5.41, 5.74) is 15.8. The van der Waals surface area contributed by atoms with Crippen LogP contribution in [0.3, 0.4) is 0 Å². The molecule has 6 rings (SSSR count). The Bertz CT molecular complexity index is 1650. The molecule has 0 radical (unpaired) electrons. The number of hydrogen-bond acceptors (Lipinski definition) is 0. The Balaban J connectivity index is 0.000000265. The Morgan fingerprint density at radius 3 is 1.65 bits per heavy atom. The molecule has 0 N–H and O–H groups in total. The molecule has 0 nitrogen and oxygen atoms in total. The zero-order valence-corrected chi connectivity index (χ0v) is 35.5. The molecule has 0 fully saturated rings. The first kappa shape index (κ1) is 42.9.